The molecule has 2 rings (SSSR count). The van der Waals surface area contributed by atoms with Gasteiger partial charge < -0.3 is 29.3 Å². The van der Waals surface area contributed by atoms with Gasteiger partial charge in [0.1, 0.15) is 12.2 Å². The zero-order valence-electron chi connectivity index (χ0n) is 13.0. The summed E-state index contributed by atoms with van der Waals surface area (Å²) in [5, 5.41) is 33.4. The fourth-order valence-corrected chi connectivity index (χ4v) is 1.04. The highest BCUT2D eigenvalue weighted by Gasteiger charge is 2.02. The molecule has 2 atom stereocenters. The number of hydrogen-bond acceptors (Lipinski definition) is 6. The molecule has 24 heavy (non-hydrogen) atoms. The van der Waals surface area contributed by atoms with Crippen molar-refractivity contribution >= 4 is 11.9 Å². The van der Waals surface area contributed by atoms with E-state index in [2.05, 4.69) is 20.7 Å². The van der Waals surface area contributed by atoms with Crippen molar-refractivity contribution in [2.45, 2.75) is 26.1 Å². The van der Waals surface area contributed by atoms with E-state index in [0.29, 0.717) is 0 Å². The van der Waals surface area contributed by atoms with E-state index in [1.165, 1.54) is 36.8 Å². The molecule has 0 spiro atoms. The Morgan fingerprint density at radius 2 is 1.21 bits per heavy atom. The van der Waals surface area contributed by atoms with Gasteiger partial charge in [-0.1, -0.05) is 11.8 Å². The zero-order valence-corrected chi connectivity index (χ0v) is 13.0. The summed E-state index contributed by atoms with van der Waals surface area (Å²) in [5.41, 5.74) is 0. The van der Waals surface area contributed by atoms with Crippen molar-refractivity contribution in [3.8, 4) is 11.8 Å². The summed E-state index contributed by atoms with van der Waals surface area (Å²) < 4.78 is 8.99. The maximum Gasteiger partial charge on any atom is 0.371 e. The van der Waals surface area contributed by atoms with Crippen LogP contribution < -0.4 is 0 Å². The third-order valence-corrected chi connectivity index (χ3v) is 1.97. The molecule has 8 heteroatoms. The van der Waals surface area contributed by atoms with Crippen LogP contribution in [0.4, 0.5) is 0 Å². The first kappa shape index (κ1) is 21.0. The Morgan fingerprint density at radius 1 is 0.875 bits per heavy atom. The molecule has 2 aromatic rings. The van der Waals surface area contributed by atoms with Gasteiger partial charge in [-0.15, -0.1) is 0 Å². The number of hydrogen-bond donors (Lipinski definition) is 4. The van der Waals surface area contributed by atoms with Crippen molar-refractivity contribution in [3.63, 3.8) is 0 Å². The lowest BCUT2D eigenvalue weighted by molar-refractivity contribution is 0.0652. The van der Waals surface area contributed by atoms with Crippen LogP contribution in [-0.2, 0) is 0 Å². The second-order valence-electron chi connectivity index (χ2n) is 4.21. The molecule has 0 fully saturated rings. The SMILES string of the molecule is CC(O)C#C[C@H](C)O.O=C(O)c1ccco1.O=C(O)c1ccco1. The van der Waals surface area contributed by atoms with Gasteiger partial charge >= 0.3 is 11.9 Å². The fraction of sp³-hybridized carbons (Fsp3) is 0.250. The maximum atomic E-state index is 9.97. The largest absolute Gasteiger partial charge is 0.475 e. The zero-order chi connectivity index (χ0) is 18.5. The van der Waals surface area contributed by atoms with Crippen LogP contribution in [0.2, 0.25) is 0 Å². The van der Waals surface area contributed by atoms with Gasteiger partial charge in [-0.2, -0.15) is 0 Å². The molecule has 130 valence electrons. The Hall–Kier alpha value is -3.02. The summed E-state index contributed by atoms with van der Waals surface area (Å²) in [6.07, 6.45) is 1.38. The highest BCUT2D eigenvalue weighted by molar-refractivity contribution is 5.84. The normalized spacial score (nSPS) is 11.3. The van der Waals surface area contributed by atoms with Gasteiger partial charge in [-0.05, 0) is 38.1 Å². The quantitative estimate of drug-likeness (QED) is 0.606. The Bertz CT molecular complexity index is 586. The number of carboxylic acid groups (broad SMARTS) is 2. The van der Waals surface area contributed by atoms with Crippen LogP contribution >= 0.6 is 0 Å². The van der Waals surface area contributed by atoms with Crippen molar-refractivity contribution < 1.29 is 38.8 Å². The van der Waals surface area contributed by atoms with Gasteiger partial charge in [0.25, 0.3) is 0 Å². The molecule has 8 nitrogen and oxygen atoms in total. The molecule has 2 heterocycles. The van der Waals surface area contributed by atoms with Crippen LogP contribution in [0, 0.1) is 11.8 Å². The van der Waals surface area contributed by atoms with Crippen LogP contribution in [0.3, 0.4) is 0 Å². The van der Waals surface area contributed by atoms with Crippen molar-refractivity contribution in [2.24, 2.45) is 0 Å². The van der Waals surface area contributed by atoms with Crippen molar-refractivity contribution in [2.75, 3.05) is 0 Å². The van der Waals surface area contributed by atoms with Gasteiger partial charge in [0.15, 0.2) is 0 Å². The lowest BCUT2D eigenvalue weighted by Crippen LogP contribution is -1.98. The average molecular weight is 338 g/mol. The molecular weight excluding hydrogens is 320 g/mol. The molecule has 2 aromatic heterocycles. The number of carbonyl (C=O) groups is 2. The number of rotatable bonds is 2. The van der Waals surface area contributed by atoms with Crippen LogP contribution in [0.1, 0.15) is 35.0 Å². The van der Waals surface area contributed by atoms with Gasteiger partial charge in [0, 0.05) is 0 Å². The molecule has 0 aromatic carbocycles. The number of furan rings is 2. The van der Waals surface area contributed by atoms with E-state index in [9.17, 15) is 9.59 Å². The fourth-order valence-electron chi connectivity index (χ4n) is 1.04. The minimum absolute atomic E-state index is 0.0231. The summed E-state index contributed by atoms with van der Waals surface area (Å²) in [4.78, 5) is 19.9. The van der Waals surface area contributed by atoms with E-state index in [-0.39, 0.29) is 11.5 Å². The minimum atomic E-state index is -1.03. The summed E-state index contributed by atoms with van der Waals surface area (Å²) in [6, 6.07) is 5.84. The standard InChI is InChI=1S/C6H10O2.2C5H4O3/c1-5(7)3-4-6(2)8;2*6-5(7)4-2-1-3-8-4/h5-8H,1-2H3;2*1-3H,(H,6,7)/t5-,6?;;/m0../s1. The van der Waals surface area contributed by atoms with Gasteiger partial charge in [-0.25, -0.2) is 9.59 Å². The number of aliphatic hydroxyl groups excluding tert-OH is 2. The van der Waals surface area contributed by atoms with Gasteiger partial charge in [0.2, 0.25) is 11.5 Å². The smallest absolute Gasteiger partial charge is 0.371 e. The third kappa shape index (κ3) is 10.7. The highest BCUT2D eigenvalue weighted by Crippen LogP contribution is 1.98. The molecule has 0 amide bonds. The van der Waals surface area contributed by atoms with Crippen molar-refractivity contribution in [1.82, 2.24) is 0 Å². The predicted molar refractivity (Wildman–Crippen MR) is 82.5 cm³/mol. The molecule has 1 unspecified atom stereocenters. The molecule has 0 radical (unpaired) electrons. The van der Waals surface area contributed by atoms with Crippen molar-refractivity contribution in [1.29, 1.82) is 0 Å². The van der Waals surface area contributed by atoms with Crippen LogP contribution in [-0.4, -0.2) is 44.6 Å². The van der Waals surface area contributed by atoms with Crippen molar-refractivity contribution in [3.05, 3.63) is 48.3 Å². The number of carboxylic acids is 2. The van der Waals surface area contributed by atoms with Gasteiger partial charge in [0.05, 0.1) is 12.5 Å². The minimum Gasteiger partial charge on any atom is -0.475 e. The molecular formula is C16H18O8. The Morgan fingerprint density at radius 3 is 1.33 bits per heavy atom. The second kappa shape index (κ2) is 11.5. The van der Waals surface area contributed by atoms with E-state index in [1.807, 2.05) is 0 Å². The molecule has 0 saturated heterocycles. The molecule has 0 aliphatic carbocycles. The van der Waals surface area contributed by atoms with Crippen LogP contribution in [0.15, 0.2) is 45.6 Å². The summed E-state index contributed by atoms with van der Waals surface area (Å²) in [7, 11) is 0. The lowest BCUT2D eigenvalue weighted by Gasteiger charge is -1.89. The van der Waals surface area contributed by atoms with Crippen LogP contribution in [0.5, 0.6) is 0 Å². The first-order valence-electron chi connectivity index (χ1n) is 6.64. The number of aliphatic hydroxyl groups is 2. The maximum absolute atomic E-state index is 9.97. The first-order chi connectivity index (χ1) is 11.2. The lowest BCUT2D eigenvalue weighted by atomic mass is 10.3. The van der Waals surface area contributed by atoms with E-state index in [4.69, 9.17) is 20.4 Å². The van der Waals surface area contributed by atoms with Crippen LogP contribution in [0.25, 0.3) is 0 Å². The van der Waals surface area contributed by atoms with E-state index in [0.717, 1.165) is 0 Å². The van der Waals surface area contributed by atoms with E-state index in [1.54, 1.807) is 13.8 Å². The molecule has 0 aliphatic heterocycles. The Labute approximate surface area is 138 Å². The van der Waals surface area contributed by atoms with E-state index < -0.39 is 24.1 Å². The average Bonchev–Trinajstić information content (AvgIpc) is 3.19. The van der Waals surface area contributed by atoms with Gasteiger partial charge in [-0.3, -0.25) is 0 Å². The molecule has 0 saturated carbocycles. The summed E-state index contributed by atoms with van der Waals surface area (Å²) in [6.45, 7) is 3.10. The Kier molecular flexibility index (Phi) is 10.1. The molecule has 4 N–H and O–H groups in total. The second-order valence-corrected chi connectivity index (χ2v) is 4.21. The topological polar surface area (TPSA) is 141 Å². The molecule has 0 bridgehead atoms. The van der Waals surface area contributed by atoms with E-state index >= 15 is 0 Å². The number of aromatic carboxylic acids is 2. The third-order valence-electron chi connectivity index (χ3n) is 1.97. The monoisotopic (exact) mass is 338 g/mol. The predicted octanol–water partition coefficient (Wildman–Crippen LogP) is 1.71. The first-order valence-corrected chi connectivity index (χ1v) is 6.64. The molecule has 0 aliphatic rings. The highest BCUT2D eigenvalue weighted by atomic mass is 16.4. The Balaban J connectivity index is 0.000000331. The summed E-state index contributed by atoms with van der Waals surface area (Å²) in [5.74, 6) is 2.69. The summed E-state index contributed by atoms with van der Waals surface area (Å²) >= 11 is 0.